The normalized spacial score (nSPS) is 10.3. The Bertz CT molecular complexity index is 132. The number of carbonyl (C=O) groups is 1. The SMILES string of the molecule is CCC=CC(=O)N(C)OC. The van der Waals surface area contributed by atoms with Crippen LogP contribution in [0.3, 0.4) is 0 Å². The summed E-state index contributed by atoms with van der Waals surface area (Å²) in [4.78, 5) is 15.5. The van der Waals surface area contributed by atoms with Crippen LogP contribution < -0.4 is 0 Å². The van der Waals surface area contributed by atoms with E-state index in [1.165, 1.54) is 18.2 Å². The molecule has 0 N–H and O–H groups in total. The zero-order valence-corrected chi connectivity index (χ0v) is 6.63. The van der Waals surface area contributed by atoms with E-state index in [1.54, 1.807) is 13.1 Å². The molecular weight excluding hydrogens is 130 g/mol. The molecular formula is C7H13NO2. The lowest BCUT2D eigenvalue weighted by Crippen LogP contribution is -2.22. The van der Waals surface area contributed by atoms with Crippen LogP contribution in [0.4, 0.5) is 0 Å². The number of nitrogens with zero attached hydrogens (tertiary/aromatic N) is 1. The van der Waals surface area contributed by atoms with Crippen molar-refractivity contribution < 1.29 is 9.63 Å². The van der Waals surface area contributed by atoms with Gasteiger partial charge >= 0.3 is 0 Å². The molecule has 58 valence electrons. The highest BCUT2D eigenvalue weighted by molar-refractivity contribution is 5.86. The molecule has 0 aliphatic heterocycles. The first-order valence-corrected chi connectivity index (χ1v) is 3.20. The molecule has 3 heteroatoms. The van der Waals surface area contributed by atoms with E-state index in [4.69, 9.17) is 0 Å². The van der Waals surface area contributed by atoms with Crippen molar-refractivity contribution in [2.24, 2.45) is 0 Å². The summed E-state index contributed by atoms with van der Waals surface area (Å²) in [5, 5.41) is 1.17. The number of amides is 1. The fourth-order valence-electron chi connectivity index (χ4n) is 0.414. The van der Waals surface area contributed by atoms with Crippen molar-refractivity contribution in [3.8, 4) is 0 Å². The van der Waals surface area contributed by atoms with E-state index in [1.807, 2.05) is 6.92 Å². The quantitative estimate of drug-likeness (QED) is 0.435. The van der Waals surface area contributed by atoms with Crippen LogP contribution in [0, 0.1) is 0 Å². The molecule has 0 unspecified atom stereocenters. The first kappa shape index (κ1) is 9.17. The second-order valence-electron chi connectivity index (χ2n) is 1.83. The number of hydrogen-bond donors (Lipinski definition) is 0. The largest absolute Gasteiger partial charge is 0.274 e. The van der Waals surface area contributed by atoms with Crippen molar-refractivity contribution in [3.63, 3.8) is 0 Å². The van der Waals surface area contributed by atoms with Gasteiger partial charge in [0.1, 0.15) is 0 Å². The summed E-state index contributed by atoms with van der Waals surface area (Å²) in [6.45, 7) is 1.97. The summed E-state index contributed by atoms with van der Waals surface area (Å²) in [6.07, 6.45) is 4.14. The number of allylic oxidation sites excluding steroid dienone is 1. The van der Waals surface area contributed by atoms with E-state index in [0.29, 0.717) is 0 Å². The summed E-state index contributed by atoms with van der Waals surface area (Å²) in [7, 11) is 3.03. The number of carbonyl (C=O) groups excluding carboxylic acids is 1. The second-order valence-corrected chi connectivity index (χ2v) is 1.83. The lowest BCUT2D eigenvalue weighted by molar-refractivity contribution is -0.162. The molecule has 0 aliphatic rings. The van der Waals surface area contributed by atoms with Crippen molar-refractivity contribution >= 4 is 5.91 Å². The molecule has 0 saturated heterocycles. The minimum atomic E-state index is -0.135. The van der Waals surface area contributed by atoms with E-state index < -0.39 is 0 Å². The van der Waals surface area contributed by atoms with Gasteiger partial charge in [-0.05, 0) is 6.42 Å². The maximum Gasteiger partial charge on any atom is 0.269 e. The molecule has 0 aromatic carbocycles. The Labute approximate surface area is 61.2 Å². The maximum absolute atomic E-state index is 10.8. The Hall–Kier alpha value is -0.830. The molecule has 0 saturated carbocycles. The molecule has 0 aromatic heterocycles. The van der Waals surface area contributed by atoms with Crippen LogP contribution in [-0.4, -0.2) is 25.1 Å². The van der Waals surface area contributed by atoms with E-state index in [2.05, 4.69) is 4.84 Å². The van der Waals surface area contributed by atoms with Gasteiger partial charge in [-0.3, -0.25) is 9.63 Å². The van der Waals surface area contributed by atoms with Gasteiger partial charge in [-0.15, -0.1) is 0 Å². The smallest absolute Gasteiger partial charge is 0.269 e. The topological polar surface area (TPSA) is 29.5 Å². The zero-order valence-electron chi connectivity index (χ0n) is 6.63. The Balaban J connectivity index is 3.72. The number of likely N-dealkylation sites (N-methyl/N-ethyl adjacent to an activating group) is 1. The lowest BCUT2D eigenvalue weighted by Gasteiger charge is -2.09. The van der Waals surface area contributed by atoms with Crippen LogP contribution in [0.5, 0.6) is 0 Å². The van der Waals surface area contributed by atoms with Crippen molar-refractivity contribution in [3.05, 3.63) is 12.2 Å². The zero-order chi connectivity index (χ0) is 7.98. The highest BCUT2D eigenvalue weighted by Crippen LogP contribution is 1.87. The third-order valence-electron chi connectivity index (χ3n) is 1.08. The van der Waals surface area contributed by atoms with Gasteiger partial charge in [-0.1, -0.05) is 13.0 Å². The summed E-state index contributed by atoms with van der Waals surface area (Å²) in [5.74, 6) is -0.135. The molecule has 0 radical (unpaired) electrons. The first-order chi connectivity index (χ1) is 4.72. The Morgan fingerprint density at radius 3 is 2.70 bits per heavy atom. The van der Waals surface area contributed by atoms with Crippen LogP contribution in [-0.2, 0) is 9.63 Å². The molecule has 0 atom stereocenters. The van der Waals surface area contributed by atoms with Crippen molar-refractivity contribution in [2.75, 3.05) is 14.2 Å². The van der Waals surface area contributed by atoms with Gasteiger partial charge < -0.3 is 0 Å². The number of rotatable bonds is 3. The summed E-state index contributed by atoms with van der Waals surface area (Å²) < 4.78 is 0. The molecule has 1 amide bonds. The van der Waals surface area contributed by atoms with Gasteiger partial charge in [0.2, 0.25) is 0 Å². The summed E-state index contributed by atoms with van der Waals surface area (Å²) in [5.41, 5.74) is 0. The van der Waals surface area contributed by atoms with Crippen LogP contribution in [0.1, 0.15) is 13.3 Å². The molecule has 10 heavy (non-hydrogen) atoms. The van der Waals surface area contributed by atoms with Crippen LogP contribution in [0.25, 0.3) is 0 Å². The lowest BCUT2D eigenvalue weighted by atomic mass is 10.4. The molecule has 0 aliphatic carbocycles. The predicted molar refractivity (Wildman–Crippen MR) is 39.2 cm³/mol. The maximum atomic E-state index is 10.8. The summed E-state index contributed by atoms with van der Waals surface area (Å²) in [6, 6.07) is 0. The molecule has 0 aromatic rings. The van der Waals surface area contributed by atoms with Gasteiger partial charge in [0, 0.05) is 13.1 Å². The average molecular weight is 143 g/mol. The van der Waals surface area contributed by atoms with E-state index in [-0.39, 0.29) is 5.91 Å². The van der Waals surface area contributed by atoms with Crippen LogP contribution in [0.2, 0.25) is 0 Å². The predicted octanol–water partition coefficient (Wildman–Crippen LogP) is 0.972. The highest BCUT2D eigenvalue weighted by Gasteiger charge is 1.99. The van der Waals surface area contributed by atoms with Crippen molar-refractivity contribution in [2.45, 2.75) is 13.3 Å². The Morgan fingerprint density at radius 1 is 1.70 bits per heavy atom. The minimum Gasteiger partial charge on any atom is -0.274 e. The standard InChI is InChI=1S/C7H13NO2/c1-4-5-6-7(9)8(2)10-3/h5-6H,4H2,1-3H3. The average Bonchev–Trinajstić information content (AvgIpc) is 1.98. The molecule has 3 nitrogen and oxygen atoms in total. The van der Waals surface area contributed by atoms with Crippen LogP contribution >= 0.6 is 0 Å². The van der Waals surface area contributed by atoms with Crippen molar-refractivity contribution in [1.29, 1.82) is 0 Å². The first-order valence-electron chi connectivity index (χ1n) is 3.20. The third-order valence-corrected chi connectivity index (χ3v) is 1.08. The fourth-order valence-corrected chi connectivity index (χ4v) is 0.414. The van der Waals surface area contributed by atoms with Gasteiger partial charge in [-0.25, -0.2) is 5.06 Å². The third kappa shape index (κ3) is 3.25. The van der Waals surface area contributed by atoms with Crippen LogP contribution in [0.15, 0.2) is 12.2 Å². The van der Waals surface area contributed by atoms with Gasteiger partial charge in [0.05, 0.1) is 7.11 Å². The summed E-state index contributed by atoms with van der Waals surface area (Å²) >= 11 is 0. The van der Waals surface area contributed by atoms with Crippen molar-refractivity contribution in [1.82, 2.24) is 5.06 Å². The minimum absolute atomic E-state index is 0.135. The van der Waals surface area contributed by atoms with E-state index in [0.717, 1.165) is 6.42 Å². The number of hydrogen-bond acceptors (Lipinski definition) is 2. The van der Waals surface area contributed by atoms with E-state index >= 15 is 0 Å². The Morgan fingerprint density at radius 2 is 2.30 bits per heavy atom. The molecule has 0 bridgehead atoms. The Kier molecular flexibility index (Phi) is 4.58. The van der Waals surface area contributed by atoms with Gasteiger partial charge in [0.25, 0.3) is 5.91 Å². The fraction of sp³-hybridized carbons (Fsp3) is 0.571. The van der Waals surface area contributed by atoms with E-state index in [9.17, 15) is 4.79 Å². The van der Waals surface area contributed by atoms with Gasteiger partial charge in [-0.2, -0.15) is 0 Å². The molecule has 0 fully saturated rings. The molecule has 0 rings (SSSR count). The molecule has 0 heterocycles. The monoisotopic (exact) mass is 143 g/mol. The second kappa shape index (κ2) is 4.99. The highest BCUT2D eigenvalue weighted by atomic mass is 16.7. The van der Waals surface area contributed by atoms with Gasteiger partial charge in [0.15, 0.2) is 0 Å². The number of hydroxylamine groups is 2. The molecule has 0 spiro atoms.